The summed E-state index contributed by atoms with van der Waals surface area (Å²) in [6.45, 7) is 12.0. The van der Waals surface area contributed by atoms with Crippen LogP contribution in [-0.2, 0) is 9.53 Å². The smallest absolute Gasteiger partial charge is 0.309 e. The van der Waals surface area contributed by atoms with Crippen LogP contribution in [0.3, 0.4) is 0 Å². The Morgan fingerprint density at radius 3 is 2.37 bits per heavy atom. The van der Waals surface area contributed by atoms with E-state index >= 15 is 0 Å². The summed E-state index contributed by atoms with van der Waals surface area (Å²) in [5.74, 6) is 0.621. The molecule has 0 spiro atoms. The Labute approximate surface area is 115 Å². The number of benzene rings is 1. The zero-order valence-corrected chi connectivity index (χ0v) is 12.8. The lowest BCUT2D eigenvalue weighted by Gasteiger charge is -2.19. The predicted octanol–water partition coefficient (Wildman–Crippen LogP) is 3.72. The Morgan fingerprint density at radius 2 is 1.79 bits per heavy atom. The lowest BCUT2D eigenvalue weighted by atomic mass is 10.1. The minimum absolute atomic E-state index is 0.227. The first kappa shape index (κ1) is 15.5. The molecule has 3 heteroatoms. The third kappa shape index (κ3) is 5.33. The fourth-order valence-electron chi connectivity index (χ4n) is 1.79. The second-order valence-electron chi connectivity index (χ2n) is 5.89. The highest BCUT2D eigenvalue weighted by Crippen LogP contribution is 2.23. The second-order valence-corrected chi connectivity index (χ2v) is 5.89. The molecule has 106 valence electrons. The fraction of sp³-hybridized carbons (Fsp3) is 0.562. The summed E-state index contributed by atoms with van der Waals surface area (Å²) in [4.78, 5) is 11.6. The molecule has 1 rings (SSSR count). The van der Waals surface area contributed by atoms with Gasteiger partial charge in [0, 0.05) is 0 Å². The van der Waals surface area contributed by atoms with Crippen molar-refractivity contribution in [1.29, 1.82) is 0 Å². The standard InChI is InChI=1S/C16H24O3/c1-11-9-12(2)13(3)14(10-11)18-8-7-15(17)19-16(4,5)6/h9-10H,7-8H2,1-6H3. The summed E-state index contributed by atoms with van der Waals surface area (Å²) in [7, 11) is 0. The second kappa shape index (κ2) is 6.09. The Kier molecular flexibility index (Phi) is 4.98. The maximum Gasteiger partial charge on any atom is 0.309 e. The highest BCUT2D eigenvalue weighted by atomic mass is 16.6. The van der Waals surface area contributed by atoms with Crippen LogP contribution in [0.15, 0.2) is 12.1 Å². The molecule has 0 amide bonds. The maximum atomic E-state index is 11.6. The molecule has 1 aromatic rings. The lowest BCUT2D eigenvalue weighted by molar-refractivity contribution is -0.155. The van der Waals surface area contributed by atoms with Crippen molar-refractivity contribution in [3.05, 3.63) is 28.8 Å². The summed E-state index contributed by atoms with van der Waals surface area (Å²) < 4.78 is 10.9. The minimum atomic E-state index is -0.438. The van der Waals surface area contributed by atoms with Gasteiger partial charge in [0.2, 0.25) is 0 Å². The van der Waals surface area contributed by atoms with Crippen LogP contribution in [0.2, 0.25) is 0 Å². The van der Waals surface area contributed by atoms with Gasteiger partial charge in [-0.05, 0) is 64.3 Å². The molecule has 0 unspecified atom stereocenters. The topological polar surface area (TPSA) is 35.5 Å². The van der Waals surface area contributed by atoms with Gasteiger partial charge in [-0.1, -0.05) is 6.07 Å². The van der Waals surface area contributed by atoms with Crippen LogP contribution >= 0.6 is 0 Å². The third-order valence-corrected chi connectivity index (χ3v) is 2.75. The van der Waals surface area contributed by atoms with E-state index in [-0.39, 0.29) is 12.4 Å². The summed E-state index contributed by atoms with van der Waals surface area (Å²) in [5.41, 5.74) is 3.05. The Bertz CT molecular complexity index is 456. The van der Waals surface area contributed by atoms with E-state index in [1.54, 1.807) is 0 Å². The normalized spacial score (nSPS) is 11.3. The zero-order chi connectivity index (χ0) is 14.6. The molecule has 0 aliphatic carbocycles. The zero-order valence-electron chi connectivity index (χ0n) is 12.8. The van der Waals surface area contributed by atoms with Gasteiger partial charge in [0.25, 0.3) is 0 Å². The van der Waals surface area contributed by atoms with E-state index in [0.717, 1.165) is 16.9 Å². The van der Waals surface area contributed by atoms with E-state index < -0.39 is 5.60 Å². The summed E-state index contributed by atoms with van der Waals surface area (Å²) in [5, 5.41) is 0. The maximum absolute atomic E-state index is 11.6. The Hall–Kier alpha value is -1.51. The predicted molar refractivity (Wildman–Crippen MR) is 76.6 cm³/mol. The van der Waals surface area contributed by atoms with Crippen LogP contribution in [0, 0.1) is 20.8 Å². The van der Waals surface area contributed by atoms with Gasteiger partial charge in [-0.3, -0.25) is 4.79 Å². The van der Waals surface area contributed by atoms with Crippen LogP contribution in [0.25, 0.3) is 0 Å². The number of aryl methyl sites for hydroxylation is 2. The van der Waals surface area contributed by atoms with Gasteiger partial charge >= 0.3 is 5.97 Å². The van der Waals surface area contributed by atoms with E-state index in [1.165, 1.54) is 5.56 Å². The van der Waals surface area contributed by atoms with Crippen LogP contribution in [0.4, 0.5) is 0 Å². The van der Waals surface area contributed by atoms with Crippen LogP contribution in [0.5, 0.6) is 5.75 Å². The molecule has 0 heterocycles. The molecule has 0 aliphatic rings. The first-order valence-electron chi connectivity index (χ1n) is 6.61. The summed E-state index contributed by atoms with van der Waals surface area (Å²) >= 11 is 0. The average molecular weight is 264 g/mol. The van der Waals surface area contributed by atoms with Crippen LogP contribution in [0.1, 0.15) is 43.9 Å². The summed E-state index contributed by atoms with van der Waals surface area (Å²) in [6.07, 6.45) is 0.268. The Balaban J connectivity index is 2.52. The molecule has 0 radical (unpaired) electrons. The van der Waals surface area contributed by atoms with Gasteiger partial charge in [-0.25, -0.2) is 0 Å². The minimum Gasteiger partial charge on any atom is -0.493 e. The van der Waals surface area contributed by atoms with Gasteiger partial charge in [0.15, 0.2) is 0 Å². The van der Waals surface area contributed by atoms with Crippen LogP contribution in [-0.4, -0.2) is 18.2 Å². The van der Waals surface area contributed by atoms with Gasteiger partial charge in [0.05, 0.1) is 13.0 Å². The number of ether oxygens (including phenoxy) is 2. The molecule has 19 heavy (non-hydrogen) atoms. The van der Waals surface area contributed by atoms with Crippen molar-refractivity contribution < 1.29 is 14.3 Å². The molecule has 3 nitrogen and oxygen atoms in total. The van der Waals surface area contributed by atoms with Crippen molar-refractivity contribution in [2.45, 2.75) is 53.6 Å². The number of carbonyl (C=O) groups excluding carboxylic acids is 1. The lowest BCUT2D eigenvalue weighted by Crippen LogP contribution is -2.24. The molecule has 0 aromatic heterocycles. The SMILES string of the molecule is Cc1cc(C)c(C)c(OCCC(=O)OC(C)(C)C)c1. The number of esters is 1. The monoisotopic (exact) mass is 264 g/mol. The number of carbonyl (C=O) groups is 1. The van der Waals surface area contributed by atoms with Gasteiger partial charge in [-0.15, -0.1) is 0 Å². The molecule has 0 atom stereocenters. The van der Waals surface area contributed by atoms with Crippen molar-refractivity contribution in [1.82, 2.24) is 0 Å². The molecular weight excluding hydrogens is 240 g/mol. The molecular formula is C16H24O3. The molecule has 0 aliphatic heterocycles. The third-order valence-electron chi connectivity index (χ3n) is 2.75. The van der Waals surface area contributed by atoms with Gasteiger partial charge in [0.1, 0.15) is 11.4 Å². The van der Waals surface area contributed by atoms with E-state index in [9.17, 15) is 4.79 Å². The first-order valence-corrected chi connectivity index (χ1v) is 6.61. The molecule has 0 fully saturated rings. The van der Waals surface area contributed by atoms with E-state index in [1.807, 2.05) is 40.7 Å². The quantitative estimate of drug-likeness (QED) is 0.777. The first-order chi connectivity index (χ1) is 8.69. The van der Waals surface area contributed by atoms with Crippen molar-refractivity contribution >= 4 is 5.97 Å². The highest BCUT2D eigenvalue weighted by molar-refractivity contribution is 5.70. The Morgan fingerprint density at radius 1 is 1.16 bits per heavy atom. The van der Waals surface area contributed by atoms with Gasteiger partial charge in [-0.2, -0.15) is 0 Å². The number of rotatable bonds is 4. The van der Waals surface area contributed by atoms with E-state index in [2.05, 4.69) is 13.0 Å². The molecule has 1 aromatic carbocycles. The number of hydrogen-bond acceptors (Lipinski definition) is 3. The fourth-order valence-corrected chi connectivity index (χ4v) is 1.79. The molecule has 0 bridgehead atoms. The van der Waals surface area contributed by atoms with Gasteiger partial charge < -0.3 is 9.47 Å². The average Bonchev–Trinajstić information content (AvgIpc) is 2.22. The van der Waals surface area contributed by atoms with Crippen molar-refractivity contribution in [3.63, 3.8) is 0 Å². The van der Waals surface area contributed by atoms with Crippen molar-refractivity contribution in [2.24, 2.45) is 0 Å². The highest BCUT2D eigenvalue weighted by Gasteiger charge is 2.16. The van der Waals surface area contributed by atoms with Crippen molar-refractivity contribution in [3.8, 4) is 5.75 Å². The van der Waals surface area contributed by atoms with Crippen LogP contribution < -0.4 is 4.74 Å². The summed E-state index contributed by atoms with van der Waals surface area (Å²) in [6, 6.07) is 4.12. The molecule has 0 saturated heterocycles. The largest absolute Gasteiger partial charge is 0.493 e. The molecule has 0 N–H and O–H groups in total. The molecule has 0 saturated carbocycles. The number of hydrogen-bond donors (Lipinski definition) is 0. The van der Waals surface area contributed by atoms with Crippen molar-refractivity contribution in [2.75, 3.05) is 6.61 Å². The van der Waals surface area contributed by atoms with E-state index in [0.29, 0.717) is 6.61 Å². The van der Waals surface area contributed by atoms with E-state index in [4.69, 9.17) is 9.47 Å².